The molecule has 0 spiro atoms. The minimum Gasteiger partial charge on any atom is -0.493 e. The van der Waals surface area contributed by atoms with Crippen LogP contribution in [0.4, 0.5) is 0 Å². The van der Waals surface area contributed by atoms with Gasteiger partial charge in [0, 0.05) is 21.5 Å². The predicted octanol–water partition coefficient (Wildman–Crippen LogP) is 3.61. The van der Waals surface area contributed by atoms with Crippen LogP contribution in [-0.4, -0.2) is 38.4 Å². The summed E-state index contributed by atoms with van der Waals surface area (Å²) in [7, 11) is 4.59. The second-order valence-corrected chi connectivity index (χ2v) is 6.01. The van der Waals surface area contributed by atoms with Crippen LogP contribution in [0.25, 0.3) is 10.9 Å². The number of aromatic amines is 1. The van der Waals surface area contributed by atoms with Gasteiger partial charge in [0.15, 0.2) is 11.5 Å². The Hall–Kier alpha value is -3.19. The van der Waals surface area contributed by atoms with Crippen molar-refractivity contribution in [2.45, 2.75) is 0 Å². The molecule has 1 amide bonds. The maximum absolute atomic E-state index is 12.3. The quantitative estimate of drug-likeness (QED) is 0.499. The number of hydrazone groups is 1. The Morgan fingerprint density at radius 3 is 2.41 bits per heavy atom. The minimum atomic E-state index is -0.369. The summed E-state index contributed by atoms with van der Waals surface area (Å²) in [6, 6.07) is 10.5. The number of H-pyrrole nitrogens is 1. The number of benzene rings is 2. The van der Waals surface area contributed by atoms with Crippen LogP contribution in [0.1, 0.15) is 16.1 Å². The van der Waals surface area contributed by atoms with Gasteiger partial charge in [-0.05, 0) is 36.4 Å². The fourth-order valence-corrected chi connectivity index (χ4v) is 2.81. The molecule has 0 atom stereocenters. The van der Waals surface area contributed by atoms with E-state index in [1.165, 1.54) is 27.5 Å². The highest BCUT2D eigenvalue weighted by Crippen LogP contribution is 2.37. The van der Waals surface area contributed by atoms with E-state index in [-0.39, 0.29) is 5.91 Å². The molecular weight excluding hydrogens is 370 g/mol. The molecule has 0 unspecified atom stereocenters. The number of halogens is 1. The minimum absolute atomic E-state index is 0.369. The molecule has 0 aliphatic rings. The Kier molecular flexibility index (Phi) is 5.52. The number of hydrogen-bond donors (Lipinski definition) is 2. The van der Waals surface area contributed by atoms with E-state index in [1.807, 2.05) is 6.07 Å². The smallest absolute Gasteiger partial charge is 0.287 e. The van der Waals surface area contributed by atoms with Gasteiger partial charge in [0.05, 0.1) is 27.5 Å². The zero-order valence-electron chi connectivity index (χ0n) is 15.0. The molecule has 0 bridgehead atoms. The molecule has 2 aromatic carbocycles. The number of ether oxygens (including phenoxy) is 3. The monoisotopic (exact) mass is 387 g/mol. The van der Waals surface area contributed by atoms with Crippen LogP contribution in [0.15, 0.2) is 41.5 Å². The number of aromatic nitrogens is 1. The van der Waals surface area contributed by atoms with Gasteiger partial charge in [-0.3, -0.25) is 4.79 Å². The standard InChI is InChI=1S/C19H18ClN3O4/c1-25-16-6-11(7-17(26-2)18(16)27-3)10-21-23-19(24)15-9-12-8-13(20)4-5-14(12)22-15/h4-10,22H,1-3H3,(H,23,24)/b21-10+. The van der Waals surface area contributed by atoms with Crippen LogP contribution in [-0.2, 0) is 0 Å². The van der Waals surface area contributed by atoms with Crippen LogP contribution >= 0.6 is 11.6 Å². The van der Waals surface area contributed by atoms with Crippen molar-refractivity contribution in [1.82, 2.24) is 10.4 Å². The molecular formula is C19H18ClN3O4. The molecule has 0 saturated carbocycles. The first-order valence-corrected chi connectivity index (χ1v) is 8.35. The van der Waals surface area contributed by atoms with Crippen molar-refractivity contribution in [3.63, 3.8) is 0 Å². The molecule has 3 rings (SSSR count). The van der Waals surface area contributed by atoms with Gasteiger partial charge >= 0.3 is 0 Å². The molecule has 140 valence electrons. The van der Waals surface area contributed by atoms with E-state index in [2.05, 4.69) is 15.5 Å². The number of carbonyl (C=O) groups excluding carboxylic acids is 1. The van der Waals surface area contributed by atoms with Gasteiger partial charge in [-0.1, -0.05) is 11.6 Å². The highest BCUT2D eigenvalue weighted by molar-refractivity contribution is 6.31. The zero-order chi connectivity index (χ0) is 19.4. The van der Waals surface area contributed by atoms with E-state index in [1.54, 1.807) is 30.3 Å². The third kappa shape index (κ3) is 3.98. The van der Waals surface area contributed by atoms with Gasteiger partial charge < -0.3 is 19.2 Å². The predicted molar refractivity (Wildman–Crippen MR) is 104 cm³/mol. The zero-order valence-corrected chi connectivity index (χ0v) is 15.8. The van der Waals surface area contributed by atoms with E-state index < -0.39 is 0 Å². The SMILES string of the molecule is COc1cc(/C=N/NC(=O)c2cc3cc(Cl)ccc3[nH]2)cc(OC)c1OC. The van der Waals surface area contributed by atoms with Crippen LogP contribution < -0.4 is 19.6 Å². The number of amides is 1. The molecule has 0 radical (unpaired) electrons. The fourth-order valence-electron chi connectivity index (χ4n) is 2.63. The number of nitrogens with zero attached hydrogens (tertiary/aromatic N) is 1. The van der Waals surface area contributed by atoms with Crippen molar-refractivity contribution in [3.8, 4) is 17.2 Å². The fraction of sp³-hybridized carbons (Fsp3) is 0.158. The number of rotatable bonds is 6. The summed E-state index contributed by atoms with van der Waals surface area (Å²) in [4.78, 5) is 15.3. The summed E-state index contributed by atoms with van der Waals surface area (Å²) in [5, 5.41) is 5.44. The van der Waals surface area contributed by atoms with Crippen molar-refractivity contribution in [2.75, 3.05) is 21.3 Å². The van der Waals surface area contributed by atoms with E-state index in [9.17, 15) is 4.79 Å². The van der Waals surface area contributed by atoms with Gasteiger partial charge in [0.2, 0.25) is 5.75 Å². The molecule has 0 fully saturated rings. The van der Waals surface area contributed by atoms with E-state index in [4.69, 9.17) is 25.8 Å². The van der Waals surface area contributed by atoms with E-state index in [0.29, 0.717) is 33.5 Å². The summed E-state index contributed by atoms with van der Waals surface area (Å²) in [6.45, 7) is 0. The number of fused-ring (bicyclic) bond motifs is 1. The first-order chi connectivity index (χ1) is 13.0. The third-order valence-electron chi connectivity index (χ3n) is 3.89. The number of methoxy groups -OCH3 is 3. The molecule has 0 aliphatic heterocycles. The van der Waals surface area contributed by atoms with Crippen molar-refractivity contribution in [2.24, 2.45) is 5.10 Å². The van der Waals surface area contributed by atoms with E-state index in [0.717, 1.165) is 10.9 Å². The van der Waals surface area contributed by atoms with Crippen LogP contribution in [0.5, 0.6) is 17.2 Å². The summed E-state index contributed by atoms with van der Waals surface area (Å²) in [5.74, 6) is 1.11. The molecule has 0 aliphatic carbocycles. The topological polar surface area (TPSA) is 84.9 Å². The molecule has 1 heterocycles. The largest absolute Gasteiger partial charge is 0.493 e. The van der Waals surface area contributed by atoms with Crippen LogP contribution in [0.3, 0.4) is 0 Å². The number of hydrogen-bond acceptors (Lipinski definition) is 5. The molecule has 7 nitrogen and oxygen atoms in total. The lowest BCUT2D eigenvalue weighted by molar-refractivity contribution is 0.0951. The van der Waals surface area contributed by atoms with Crippen LogP contribution in [0.2, 0.25) is 5.02 Å². The highest BCUT2D eigenvalue weighted by atomic mass is 35.5. The van der Waals surface area contributed by atoms with E-state index >= 15 is 0 Å². The highest BCUT2D eigenvalue weighted by Gasteiger charge is 2.13. The molecule has 8 heteroatoms. The molecule has 3 aromatic rings. The Labute approximate surface area is 160 Å². The second-order valence-electron chi connectivity index (χ2n) is 5.57. The van der Waals surface area contributed by atoms with Crippen molar-refractivity contribution in [1.29, 1.82) is 0 Å². The maximum atomic E-state index is 12.3. The number of carbonyl (C=O) groups is 1. The van der Waals surface area contributed by atoms with Gasteiger partial charge in [-0.2, -0.15) is 5.10 Å². The summed E-state index contributed by atoms with van der Waals surface area (Å²) < 4.78 is 15.9. The molecule has 27 heavy (non-hydrogen) atoms. The third-order valence-corrected chi connectivity index (χ3v) is 4.13. The van der Waals surface area contributed by atoms with Gasteiger partial charge in [0.25, 0.3) is 5.91 Å². The van der Waals surface area contributed by atoms with Crippen molar-refractivity contribution in [3.05, 3.63) is 52.7 Å². The Morgan fingerprint density at radius 2 is 1.78 bits per heavy atom. The lowest BCUT2D eigenvalue weighted by atomic mass is 10.2. The summed E-state index contributed by atoms with van der Waals surface area (Å²) in [6.07, 6.45) is 1.49. The second kappa shape index (κ2) is 8.01. The Morgan fingerprint density at radius 1 is 1.07 bits per heavy atom. The maximum Gasteiger partial charge on any atom is 0.287 e. The Bertz CT molecular complexity index is 988. The average molecular weight is 388 g/mol. The van der Waals surface area contributed by atoms with Crippen LogP contribution in [0, 0.1) is 0 Å². The van der Waals surface area contributed by atoms with Gasteiger partial charge in [-0.15, -0.1) is 0 Å². The molecule has 0 saturated heterocycles. The van der Waals surface area contributed by atoms with Crippen molar-refractivity contribution < 1.29 is 19.0 Å². The first kappa shape index (κ1) is 18.6. The summed E-state index contributed by atoms with van der Waals surface area (Å²) >= 11 is 5.96. The van der Waals surface area contributed by atoms with Gasteiger partial charge in [-0.25, -0.2) is 5.43 Å². The average Bonchev–Trinajstić information content (AvgIpc) is 3.10. The Balaban J connectivity index is 1.77. The lowest BCUT2D eigenvalue weighted by Crippen LogP contribution is -2.17. The van der Waals surface area contributed by atoms with Gasteiger partial charge in [0.1, 0.15) is 5.69 Å². The normalized spacial score (nSPS) is 11.0. The summed E-state index contributed by atoms with van der Waals surface area (Å²) in [5.41, 5.74) is 4.36. The number of nitrogens with one attached hydrogen (secondary N) is 2. The molecule has 1 aromatic heterocycles. The van der Waals surface area contributed by atoms with Crippen molar-refractivity contribution >= 4 is 34.6 Å². The first-order valence-electron chi connectivity index (χ1n) is 7.97. The molecule has 2 N–H and O–H groups in total. The lowest BCUT2D eigenvalue weighted by Gasteiger charge is -2.12.